The Labute approximate surface area is 190 Å². The van der Waals surface area contributed by atoms with Crippen molar-refractivity contribution in [3.05, 3.63) is 71.4 Å². The Morgan fingerprint density at radius 1 is 1.09 bits per heavy atom. The first-order valence-corrected chi connectivity index (χ1v) is 11.2. The van der Waals surface area contributed by atoms with E-state index in [0.717, 1.165) is 42.7 Å². The lowest BCUT2D eigenvalue weighted by Gasteiger charge is -2.34. The number of methoxy groups -OCH3 is 1. The Hall–Kier alpha value is -3.28. The average molecular weight is 436 g/mol. The van der Waals surface area contributed by atoms with E-state index in [1.54, 1.807) is 36.3 Å². The molecule has 1 unspecified atom stereocenters. The lowest BCUT2D eigenvalue weighted by atomic mass is 9.98. The maximum Gasteiger partial charge on any atom is 0.256 e. The van der Waals surface area contributed by atoms with Gasteiger partial charge in [0.15, 0.2) is 0 Å². The molecule has 1 aliphatic carbocycles. The average Bonchev–Trinajstić information content (AvgIpc) is 2.79. The molecule has 2 amide bonds. The monoisotopic (exact) mass is 435 g/mol. The largest absolute Gasteiger partial charge is 0.497 e. The third-order valence-corrected chi connectivity index (χ3v) is 5.77. The molecule has 6 heteroatoms. The third-order valence-electron chi connectivity index (χ3n) is 5.77. The predicted octanol–water partition coefficient (Wildman–Crippen LogP) is 4.52. The summed E-state index contributed by atoms with van der Waals surface area (Å²) in [6.07, 6.45) is 6.12. The predicted molar refractivity (Wildman–Crippen MR) is 127 cm³/mol. The van der Waals surface area contributed by atoms with Crippen LogP contribution >= 0.6 is 0 Å². The molecular formula is C26H33N3O3. The van der Waals surface area contributed by atoms with Crippen LogP contribution in [0.4, 0.5) is 5.69 Å². The highest BCUT2D eigenvalue weighted by molar-refractivity contribution is 6.01. The molecule has 1 atom stereocenters. The molecule has 3 rings (SSSR count). The Kier molecular flexibility index (Phi) is 7.92. The normalized spacial score (nSPS) is 14.4. The van der Waals surface area contributed by atoms with Gasteiger partial charge in [0, 0.05) is 17.9 Å². The van der Waals surface area contributed by atoms with Crippen LogP contribution in [-0.2, 0) is 11.3 Å². The number of allylic oxidation sites excluding steroid dienone is 2. The fourth-order valence-corrected chi connectivity index (χ4v) is 4.06. The van der Waals surface area contributed by atoms with Crippen LogP contribution < -0.4 is 15.8 Å². The number of ether oxygens (including phenoxy) is 1. The molecule has 0 aromatic heterocycles. The van der Waals surface area contributed by atoms with E-state index >= 15 is 0 Å². The van der Waals surface area contributed by atoms with E-state index in [-0.39, 0.29) is 24.3 Å². The summed E-state index contributed by atoms with van der Waals surface area (Å²) < 4.78 is 5.25. The Morgan fingerprint density at radius 2 is 1.81 bits per heavy atom. The second kappa shape index (κ2) is 10.8. The first-order chi connectivity index (χ1) is 15.4. The van der Waals surface area contributed by atoms with Crippen molar-refractivity contribution in [1.29, 1.82) is 0 Å². The molecule has 0 spiro atoms. The van der Waals surface area contributed by atoms with Gasteiger partial charge in [-0.2, -0.15) is 0 Å². The van der Waals surface area contributed by atoms with Crippen molar-refractivity contribution < 1.29 is 14.3 Å². The Balaban J connectivity index is 1.95. The summed E-state index contributed by atoms with van der Waals surface area (Å²) in [6, 6.07) is 13.9. The number of nitrogens with zero attached hydrogens (tertiary/aromatic N) is 1. The molecule has 0 fully saturated rings. The molecule has 0 heterocycles. The number of para-hydroxylation sites is 1. The SMILES string of the molecule is COc1ccc(CN(C(=O)c2ccccc2N)C(C(=O)NC2=CCCCC2)C(C)C)cc1. The number of benzene rings is 2. The minimum absolute atomic E-state index is 0.0914. The molecule has 2 aromatic rings. The maximum atomic E-state index is 13.7. The number of hydrogen-bond donors (Lipinski definition) is 2. The molecule has 0 bridgehead atoms. The van der Waals surface area contributed by atoms with E-state index in [1.807, 2.05) is 38.1 Å². The fourth-order valence-electron chi connectivity index (χ4n) is 4.06. The summed E-state index contributed by atoms with van der Waals surface area (Å²) in [7, 11) is 1.61. The van der Waals surface area contributed by atoms with Crippen LogP contribution in [0.3, 0.4) is 0 Å². The standard InChI is InChI=1S/C26H33N3O3/c1-18(2)24(25(30)28-20-9-5-4-6-10-20)29(17-19-13-15-21(32-3)16-14-19)26(31)22-11-7-8-12-23(22)27/h7-9,11-16,18,24H,4-6,10,17,27H2,1-3H3,(H,28,30). The molecule has 170 valence electrons. The lowest BCUT2D eigenvalue weighted by Crippen LogP contribution is -2.52. The van der Waals surface area contributed by atoms with E-state index < -0.39 is 6.04 Å². The zero-order valence-electron chi connectivity index (χ0n) is 19.1. The minimum Gasteiger partial charge on any atom is -0.497 e. The maximum absolute atomic E-state index is 13.7. The van der Waals surface area contributed by atoms with Crippen molar-refractivity contribution in [3.8, 4) is 5.75 Å². The van der Waals surface area contributed by atoms with Gasteiger partial charge < -0.3 is 20.7 Å². The molecule has 3 N–H and O–H groups in total. The molecule has 2 aromatic carbocycles. The molecule has 6 nitrogen and oxygen atoms in total. The van der Waals surface area contributed by atoms with Crippen LogP contribution in [-0.4, -0.2) is 29.9 Å². The summed E-state index contributed by atoms with van der Waals surface area (Å²) in [5, 5.41) is 3.08. The van der Waals surface area contributed by atoms with Crippen LogP contribution in [0.2, 0.25) is 0 Å². The van der Waals surface area contributed by atoms with Crippen LogP contribution in [0.1, 0.15) is 55.5 Å². The zero-order chi connectivity index (χ0) is 23.1. The van der Waals surface area contributed by atoms with Crippen molar-refractivity contribution in [1.82, 2.24) is 10.2 Å². The van der Waals surface area contributed by atoms with E-state index in [4.69, 9.17) is 10.5 Å². The quantitative estimate of drug-likeness (QED) is 0.597. The molecule has 0 radical (unpaired) electrons. The van der Waals surface area contributed by atoms with Gasteiger partial charge in [-0.1, -0.05) is 44.2 Å². The van der Waals surface area contributed by atoms with Crippen LogP contribution in [0, 0.1) is 5.92 Å². The highest BCUT2D eigenvalue weighted by atomic mass is 16.5. The zero-order valence-corrected chi connectivity index (χ0v) is 19.1. The number of hydrogen-bond acceptors (Lipinski definition) is 4. The highest BCUT2D eigenvalue weighted by Crippen LogP contribution is 2.24. The Morgan fingerprint density at radius 3 is 2.41 bits per heavy atom. The number of amides is 2. The number of carbonyl (C=O) groups is 2. The number of nitrogens with two attached hydrogens (primary N) is 1. The number of rotatable bonds is 8. The minimum atomic E-state index is -0.646. The fraction of sp³-hybridized carbons (Fsp3) is 0.385. The first-order valence-electron chi connectivity index (χ1n) is 11.2. The van der Waals surface area contributed by atoms with Gasteiger partial charge in [0.25, 0.3) is 5.91 Å². The number of carbonyl (C=O) groups excluding carboxylic acids is 2. The molecular weight excluding hydrogens is 402 g/mol. The topological polar surface area (TPSA) is 84.7 Å². The van der Waals surface area contributed by atoms with Gasteiger partial charge in [-0.15, -0.1) is 0 Å². The smallest absolute Gasteiger partial charge is 0.256 e. The number of anilines is 1. The molecule has 0 aliphatic heterocycles. The summed E-state index contributed by atoms with van der Waals surface area (Å²) in [4.78, 5) is 28.7. The molecule has 0 saturated heterocycles. The van der Waals surface area contributed by atoms with E-state index in [9.17, 15) is 9.59 Å². The van der Waals surface area contributed by atoms with E-state index in [2.05, 4.69) is 11.4 Å². The van der Waals surface area contributed by atoms with Gasteiger partial charge in [0.05, 0.1) is 12.7 Å². The summed E-state index contributed by atoms with van der Waals surface area (Å²) in [5.41, 5.74) is 8.77. The summed E-state index contributed by atoms with van der Waals surface area (Å²) >= 11 is 0. The van der Waals surface area contributed by atoms with E-state index in [1.165, 1.54) is 0 Å². The van der Waals surface area contributed by atoms with Crippen LogP contribution in [0.15, 0.2) is 60.3 Å². The van der Waals surface area contributed by atoms with Crippen LogP contribution in [0.25, 0.3) is 0 Å². The summed E-state index contributed by atoms with van der Waals surface area (Å²) in [5.74, 6) is 0.225. The van der Waals surface area contributed by atoms with Gasteiger partial charge in [0.2, 0.25) is 5.91 Å². The van der Waals surface area contributed by atoms with Crippen molar-refractivity contribution in [3.63, 3.8) is 0 Å². The van der Waals surface area contributed by atoms with Gasteiger partial charge in [-0.3, -0.25) is 9.59 Å². The highest BCUT2D eigenvalue weighted by Gasteiger charge is 2.34. The second-order valence-electron chi connectivity index (χ2n) is 8.52. The number of nitrogens with one attached hydrogen (secondary N) is 1. The van der Waals surface area contributed by atoms with Crippen molar-refractivity contribution in [2.45, 2.75) is 52.1 Å². The lowest BCUT2D eigenvalue weighted by molar-refractivity contribution is -0.126. The van der Waals surface area contributed by atoms with Gasteiger partial charge >= 0.3 is 0 Å². The summed E-state index contributed by atoms with van der Waals surface area (Å²) in [6.45, 7) is 4.21. The van der Waals surface area contributed by atoms with E-state index in [0.29, 0.717) is 11.3 Å². The van der Waals surface area contributed by atoms with Gasteiger partial charge in [-0.25, -0.2) is 0 Å². The van der Waals surface area contributed by atoms with Crippen molar-refractivity contribution >= 4 is 17.5 Å². The van der Waals surface area contributed by atoms with Crippen LogP contribution in [0.5, 0.6) is 5.75 Å². The number of nitrogen functional groups attached to an aromatic ring is 1. The van der Waals surface area contributed by atoms with Crippen molar-refractivity contribution in [2.24, 2.45) is 5.92 Å². The molecule has 0 saturated carbocycles. The second-order valence-corrected chi connectivity index (χ2v) is 8.52. The Bertz CT molecular complexity index is 967. The molecule has 32 heavy (non-hydrogen) atoms. The molecule has 1 aliphatic rings. The first kappa shape index (κ1) is 23.4. The van der Waals surface area contributed by atoms with Gasteiger partial charge in [-0.05, 0) is 61.4 Å². The van der Waals surface area contributed by atoms with Gasteiger partial charge in [0.1, 0.15) is 11.8 Å². The van der Waals surface area contributed by atoms with Crippen molar-refractivity contribution in [2.75, 3.05) is 12.8 Å². The third kappa shape index (κ3) is 5.69.